The Hall–Kier alpha value is -1.21. The van der Waals surface area contributed by atoms with Gasteiger partial charge in [-0.15, -0.1) is 13.2 Å². The number of carboxylic acid groups (broad SMARTS) is 1. The summed E-state index contributed by atoms with van der Waals surface area (Å²) in [4.78, 5) is 9.65. The summed E-state index contributed by atoms with van der Waals surface area (Å²) in [5, 5.41) is 9.65. The SMILES string of the molecule is O=C([O-])C(F)(F)COC(F)(F)C(F)OC(F)(F)F.[NH4+]. The molecule has 0 heterocycles. The highest BCUT2D eigenvalue weighted by Gasteiger charge is 2.51. The third kappa shape index (κ3) is 7.07. The molecule has 0 aliphatic heterocycles. The first-order valence-electron chi connectivity index (χ1n) is 3.77. The largest absolute Gasteiger partial charge is 0.544 e. The highest BCUT2D eigenvalue weighted by atomic mass is 19.4. The van der Waals surface area contributed by atoms with E-state index in [4.69, 9.17) is 0 Å². The molecular formula is C6H7F8NO4. The maximum atomic E-state index is 12.4. The van der Waals surface area contributed by atoms with Gasteiger partial charge >= 0.3 is 18.4 Å². The molecule has 1 unspecified atom stereocenters. The Bertz CT molecular complexity index is 306. The second kappa shape index (κ2) is 6.29. The van der Waals surface area contributed by atoms with E-state index in [-0.39, 0.29) is 6.15 Å². The molecule has 0 saturated carbocycles. The van der Waals surface area contributed by atoms with Crippen molar-refractivity contribution in [3.05, 3.63) is 0 Å². The van der Waals surface area contributed by atoms with Crippen molar-refractivity contribution in [2.45, 2.75) is 24.8 Å². The van der Waals surface area contributed by atoms with Gasteiger partial charge in [0, 0.05) is 0 Å². The fraction of sp³-hybridized carbons (Fsp3) is 0.833. The first kappa shape index (κ1) is 20.1. The van der Waals surface area contributed by atoms with E-state index in [0.717, 1.165) is 0 Å². The van der Waals surface area contributed by atoms with Gasteiger partial charge in [0.05, 0.1) is 0 Å². The molecule has 4 N–H and O–H groups in total. The van der Waals surface area contributed by atoms with E-state index in [0.29, 0.717) is 0 Å². The fourth-order valence-electron chi connectivity index (χ4n) is 0.497. The number of quaternary nitrogens is 1. The van der Waals surface area contributed by atoms with E-state index in [1.165, 1.54) is 0 Å². The molecule has 0 rings (SSSR count). The lowest BCUT2D eigenvalue weighted by Crippen LogP contribution is -2.48. The van der Waals surface area contributed by atoms with Crippen molar-refractivity contribution in [1.29, 1.82) is 0 Å². The van der Waals surface area contributed by atoms with Crippen LogP contribution in [0.15, 0.2) is 0 Å². The van der Waals surface area contributed by atoms with Crippen LogP contribution in [0, 0.1) is 0 Å². The Morgan fingerprint density at radius 3 is 1.84 bits per heavy atom. The second-order valence-electron chi connectivity index (χ2n) is 2.72. The zero-order valence-corrected chi connectivity index (χ0v) is 8.94. The van der Waals surface area contributed by atoms with Crippen LogP contribution in [-0.4, -0.2) is 37.3 Å². The molecular weight excluding hydrogens is 302 g/mol. The topological polar surface area (TPSA) is 95.1 Å². The number of halogens is 8. The van der Waals surface area contributed by atoms with Crippen LogP contribution in [-0.2, 0) is 14.3 Å². The summed E-state index contributed by atoms with van der Waals surface area (Å²) in [6, 6.07) is 0. The van der Waals surface area contributed by atoms with E-state index in [2.05, 4.69) is 9.47 Å². The van der Waals surface area contributed by atoms with Crippen molar-refractivity contribution in [2.24, 2.45) is 0 Å². The summed E-state index contributed by atoms with van der Waals surface area (Å²) in [7, 11) is 0. The van der Waals surface area contributed by atoms with E-state index in [1.807, 2.05) is 0 Å². The molecule has 0 bridgehead atoms. The van der Waals surface area contributed by atoms with Crippen molar-refractivity contribution < 1.29 is 54.5 Å². The molecule has 13 heteroatoms. The highest BCUT2D eigenvalue weighted by molar-refractivity contribution is 5.73. The van der Waals surface area contributed by atoms with Crippen molar-refractivity contribution in [2.75, 3.05) is 6.61 Å². The fourth-order valence-corrected chi connectivity index (χ4v) is 0.497. The molecule has 1 atom stereocenters. The summed E-state index contributed by atoms with van der Waals surface area (Å²) in [5.41, 5.74) is 0. The normalized spacial score (nSPS) is 14.7. The van der Waals surface area contributed by atoms with Gasteiger partial charge < -0.3 is 20.8 Å². The minimum absolute atomic E-state index is 0. The minimum atomic E-state index is -5.80. The molecule has 19 heavy (non-hydrogen) atoms. The Morgan fingerprint density at radius 1 is 1.11 bits per heavy atom. The molecule has 0 aromatic heterocycles. The number of carbonyl (C=O) groups is 1. The van der Waals surface area contributed by atoms with Gasteiger partial charge in [-0.3, -0.25) is 0 Å². The highest BCUT2D eigenvalue weighted by Crippen LogP contribution is 2.31. The molecule has 0 aliphatic rings. The number of carbonyl (C=O) groups excluding carboxylic acids is 1. The Kier molecular flexibility index (Phi) is 6.66. The van der Waals surface area contributed by atoms with E-state index >= 15 is 0 Å². The van der Waals surface area contributed by atoms with Crippen LogP contribution in [0.25, 0.3) is 0 Å². The van der Waals surface area contributed by atoms with Gasteiger partial charge in [0.1, 0.15) is 12.6 Å². The average Bonchev–Trinajstić information content (AvgIpc) is 2.12. The molecule has 0 aromatic rings. The van der Waals surface area contributed by atoms with Crippen molar-refractivity contribution in [3.8, 4) is 0 Å². The van der Waals surface area contributed by atoms with Crippen LogP contribution < -0.4 is 11.3 Å². The monoisotopic (exact) mass is 309 g/mol. The lowest BCUT2D eigenvalue weighted by atomic mass is 10.4. The van der Waals surface area contributed by atoms with Crippen LogP contribution in [0.5, 0.6) is 0 Å². The molecule has 116 valence electrons. The minimum Gasteiger partial charge on any atom is -0.544 e. The summed E-state index contributed by atoms with van der Waals surface area (Å²) >= 11 is 0. The van der Waals surface area contributed by atoms with Crippen LogP contribution >= 0.6 is 0 Å². The van der Waals surface area contributed by atoms with Gasteiger partial charge in [0.15, 0.2) is 0 Å². The van der Waals surface area contributed by atoms with Crippen LogP contribution in [0.1, 0.15) is 0 Å². The predicted molar refractivity (Wildman–Crippen MR) is 38.9 cm³/mol. The Balaban J connectivity index is 0. The third-order valence-corrected chi connectivity index (χ3v) is 1.25. The van der Waals surface area contributed by atoms with Crippen molar-refractivity contribution >= 4 is 5.97 Å². The number of rotatable bonds is 6. The summed E-state index contributed by atoms with van der Waals surface area (Å²) < 4.78 is 100. The maximum Gasteiger partial charge on any atom is 0.525 e. The van der Waals surface area contributed by atoms with Gasteiger partial charge in [-0.25, -0.2) is 9.13 Å². The quantitative estimate of drug-likeness (QED) is 0.745. The first-order chi connectivity index (χ1) is 7.78. The molecule has 0 saturated heterocycles. The number of carboxylic acids is 1. The molecule has 0 radical (unpaired) electrons. The lowest BCUT2D eigenvalue weighted by Gasteiger charge is -2.24. The van der Waals surface area contributed by atoms with E-state index in [1.54, 1.807) is 0 Å². The molecule has 0 spiro atoms. The number of hydrogen-bond acceptors (Lipinski definition) is 4. The summed E-state index contributed by atoms with van der Waals surface area (Å²) in [5.74, 6) is -8.05. The molecule has 0 aliphatic carbocycles. The molecule has 0 fully saturated rings. The van der Waals surface area contributed by atoms with Gasteiger partial charge in [0.2, 0.25) is 0 Å². The summed E-state index contributed by atoms with van der Waals surface area (Å²) in [6.45, 7) is -2.59. The van der Waals surface area contributed by atoms with Gasteiger partial charge in [-0.2, -0.15) is 17.6 Å². The van der Waals surface area contributed by atoms with Gasteiger partial charge in [-0.1, -0.05) is 0 Å². The van der Waals surface area contributed by atoms with Crippen LogP contribution in [0.3, 0.4) is 0 Å². The van der Waals surface area contributed by atoms with Gasteiger partial charge in [0.25, 0.3) is 6.36 Å². The first-order valence-corrected chi connectivity index (χ1v) is 3.77. The van der Waals surface area contributed by atoms with E-state index < -0.39 is 37.3 Å². The molecule has 0 amide bonds. The Labute approximate surface area is 99.2 Å². The van der Waals surface area contributed by atoms with Crippen molar-refractivity contribution in [1.82, 2.24) is 6.15 Å². The second-order valence-corrected chi connectivity index (χ2v) is 2.72. The predicted octanol–water partition coefficient (Wildman–Crippen LogP) is 1.19. The number of ether oxygens (including phenoxy) is 2. The number of alkyl halides is 8. The molecule has 0 aromatic carbocycles. The van der Waals surface area contributed by atoms with Gasteiger partial charge in [-0.05, 0) is 0 Å². The number of hydrogen-bond donors (Lipinski definition) is 1. The van der Waals surface area contributed by atoms with Crippen LogP contribution in [0.4, 0.5) is 35.1 Å². The number of aliphatic carboxylic acids is 1. The smallest absolute Gasteiger partial charge is 0.525 e. The zero-order chi connectivity index (χ0) is 14.8. The standard InChI is InChI=1S/C6H4F8O4.H3N/c7-2(18-6(12,13)14)5(10,11)17-1-4(8,9)3(15)16;/h2H,1H2,(H,15,16);1H3. The average molecular weight is 309 g/mol. The molecule has 5 nitrogen and oxygen atoms in total. The maximum absolute atomic E-state index is 12.4. The third-order valence-electron chi connectivity index (χ3n) is 1.25. The van der Waals surface area contributed by atoms with Crippen LogP contribution in [0.2, 0.25) is 0 Å². The Morgan fingerprint density at radius 2 is 1.53 bits per heavy atom. The lowest BCUT2D eigenvalue weighted by molar-refractivity contribution is -0.428. The summed E-state index contributed by atoms with van der Waals surface area (Å²) in [6.07, 6.45) is -15.7. The van der Waals surface area contributed by atoms with Crippen molar-refractivity contribution in [3.63, 3.8) is 0 Å². The van der Waals surface area contributed by atoms with E-state index in [9.17, 15) is 45.0 Å². The zero-order valence-electron chi connectivity index (χ0n) is 8.94.